The van der Waals surface area contributed by atoms with E-state index in [1.807, 2.05) is 0 Å². The normalized spacial score (nSPS) is 45.3. The van der Waals surface area contributed by atoms with E-state index < -0.39 is 0 Å². The summed E-state index contributed by atoms with van der Waals surface area (Å²) in [5.41, 5.74) is 2.59. The molecule has 0 aromatic heterocycles. The van der Waals surface area contributed by atoms with Crippen LogP contribution in [0.2, 0.25) is 0 Å². The molecular weight excluding hydrogens is 364 g/mol. The van der Waals surface area contributed by atoms with Gasteiger partial charge in [0.1, 0.15) is 0 Å². The molecule has 0 spiro atoms. The van der Waals surface area contributed by atoms with Crippen LogP contribution in [0, 0.1) is 52.3 Å². The maximum absolute atomic E-state index is 10.2. The molecule has 1 heteroatoms. The van der Waals surface area contributed by atoms with Crippen LogP contribution in [-0.4, -0.2) is 11.2 Å². The van der Waals surface area contributed by atoms with Gasteiger partial charge in [0.15, 0.2) is 0 Å². The molecule has 0 bridgehead atoms. The van der Waals surface area contributed by atoms with Crippen molar-refractivity contribution in [2.75, 3.05) is 0 Å². The molecule has 3 fully saturated rings. The number of allylic oxidation sites excluding steroid dienone is 1. The van der Waals surface area contributed by atoms with Crippen molar-refractivity contribution in [3.05, 3.63) is 11.6 Å². The van der Waals surface area contributed by atoms with Gasteiger partial charge in [0.2, 0.25) is 0 Å². The molecular formula is C29H50O. The summed E-state index contributed by atoms with van der Waals surface area (Å²) in [4.78, 5) is 0. The van der Waals surface area contributed by atoms with Gasteiger partial charge in [0.25, 0.3) is 0 Å². The highest BCUT2D eigenvalue weighted by Crippen LogP contribution is 2.67. The van der Waals surface area contributed by atoms with E-state index >= 15 is 0 Å². The predicted octanol–water partition coefficient (Wildman–Crippen LogP) is 8.02. The summed E-state index contributed by atoms with van der Waals surface area (Å²) in [5.74, 6) is 6.31. The molecule has 4 unspecified atom stereocenters. The van der Waals surface area contributed by atoms with Crippen LogP contribution in [0.1, 0.15) is 112 Å². The molecule has 1 N–H and O–H groups in total. The zero-order valence-electron chi connectivity index (χ0n) is 20.9. The predicted molar refractivity (Wildman–Crippen MR) is 128 cm³/mol. The molecule has 0 aliphatic heterocycles. The molecule has 3 saturated carbocycles. The van der Waals surface area contributed by atoms with Crippen LogP contribution in [0.4, 0.5) is 0 Å². The van der Waals surface area contributed by atoms with Gasteiger partial charge >= 0.3 is 0 Å². The average Bonchev–Trinajstić information content (AvgIpc) is 3.06. The number of rotatable bonds is 6. The molecule has 4 aliphatic rings. The lowest BCUT2D eigenvalue weighted by atomic mass is 9.47. The third kappa shape index (κ3) is 3.74. The quantitative estimate of drug-likeness (QED) is 0.436. The van der Waals surface area contributed by atoms with Crippen LogP contribution in [0.25, 0.3) is 0 Å². The van der Waals surface area contributed by atoms with Gasteiger partial charge in [-0.05, 0) is 110 Å². The standard InChI is InChI=1S/C29H50O/c1-7-21(19(2)3)9-8-20(4)25-12-13-26-24-11-10-22-18-23(30)14-16-28(22,5)27(24)15-17-29(25,26)6/h10,19-21,23-27,30H,7-9,11-18H2,1-6H3/t20-,21+,23?,24?,25-,26?,27?,28+,29-/m1/s1. The number of aliphatic hydroxyl groups is 1. The van der Waals surface area contributed by atoms with E-state index in [1.54, 1.807) is 5.57 Å². The SMILES string of the molecule is CC[C@@H](CC[C@@H](C)[C@H]1CCC2C3CC=C4CC(O)CC[C@]4(C)C3CC[C@@]21C)C(C)C. The van der Waals surface area contributed by atoms with Crippen LogP contribution in [0.15, 0.2) is 11.6 Å². The largest absolute Gasteiger partial charge is 0.393 e. The van der Waals surface area contributed by atoms with Crippen LogP contribution in [0.3, 0.4) is 0 Å². The fraction of sp³-hybridized carbons (Fsp3) is 0.931. The van der Waals surface area contributed by atoms with Gasteiger partial charge in [-0.2, -0.15) is 0 Å². The first kappa shape index (κ1) is 22.9. The van der Waals surface area contributed by atoms with Crippen molar-refractivity contribution in [1.82, 2.24) is 0 Å². The Balaban J connectivity index is 1.47. The average molecular weight is 415 g/mol. The second kappa shape index (κ2) is 8.57. The van der Waals surface area contributed by atoms with Crippen LogP contribution >= 0.6 is 0 Å². The lowest BCUT2D eigenvalue weighted by molar-refractivity contribution is -0.0575. The second-order valence-electron chi connectivity index (χ2n) is 12.9. The molecule has 0 amide bonds. The number of hydrogen-bond acceptors (Lipinski definition) is 1. The van der Waals surface area contributed by atoms with E-state index in [-0.39, 0.29) is 6.10 Å². The fourth-order valence-electron chi connectivity index (χ4n) is 9.30. The molecule has 9 atom stereocenters. The minimum Gasteiger partial charge on any atom is -0.393 e. The van der Waals surface area contributed by atoms with E-state index in [0.29, 0.717) is 10.8 Å². The van der Waals surface area contributed by atoms with Crippen molar-refractivity contribution >= 4 is 0 Å². The van der Waals surface area contributed by atoms with Gasteiger partial charge in [0, 0.05) is 0 Å². The Kier molecular flexibility index (Phi) is 6.53. The molecule has 1 nitrogen and oxygen atoms in total. The van der Waals surface area contributed by atoms with Gasteiger partial charge in [-0.1, -0.05) is 66.0 Å². The van der Waals surface area contributed by atoms with Crippen LogP contribution in [-0.2, 0) is 0 Å². The van der Waals surface area contributed by atoms with Crippen molar-refractivity contribution in [3.8, 4) is 0 Å². The molecule has 0 aromatic carbocycles. The topological polar surface area (TPSA) is 20.2 Å². The molecule has 0 saturated heterocycles. The third-order valence-electron chi connectivity index (χ3n) is 11.3. The molecule has 0 radical (unpaired) electrons. The third-order valence-corrected chi connectivity index (χ3v) is 11.3. The van der Waals surface area contributed by atoms with E-state index in [9.17, 15) is 5.11 Å². The Hall–Kier alpha value is -0.300. The maximum Gasteiger partial charge on any atom is 0.0577 e. The fourth-order valence-corrected chi connectivity index (χ4v) is 9.30. The van der Waals surface area contributed by atoms with Gasteiger partial charge < -0.3 is 5.11 Å². The Morgan fingerprint density at radius 1 is 1.00 bits per heavy atom. The Bertz CT molecular complexity index is 634. The Morgan fingerprint density at radius 3 is 2.47 bits per heavy atom. The van der Waals surface area contributed by atoms with E-state index in [2.05, 4.69) is 47.6 Å². The van der Waals surface area contributed by atoms with E-state index in [4.69, 9.17) is 0 Å². The minimum atomic E-state index is -0.0794. The zero-order chi connectivity index (χ0) is 21.7. The van der Waals surface area contributed by atoms with Gasteiger partial charge in [0.05, 0.1) is 6.10 Å². The highest BCUT2D eigenvalue weighted by molar-refractivity contribution is 5.25. The lowest BCUT2D eigenvalue weighted by Gasteiger charge is -2.58. The molecule has 0 heterocycles. The highest BCUT2D eigenvalue weighted by Gasteiger charge is 2.59. The van der Waals surface area contributed by atoms with E-state index in [0.717, 1.165) is 54.3 Å². The van der Waals surface area contributed by atoms with Crippen LogP contribution < -0.4 is 0 Å². The number of hydrogen-bond donors (Lipinski definition) is 1. The minimum absolute atomic E-state index is 0.0794. The first-order valence-corrected chi connectivity index (χ1v) is 13.6. The van der Waals surface area contributed by atoms with Gasteiger partial charge in [-0.3, -0.25) is 0 Å². The summed E-state index contributed by atoms with van der Waals surface area (Å²) in [6.45, 7) is 15.1. The lowest BCUT2D eigenvalue weighted by Crippen LogP contribution is -2.50. The van der Waals surface area contributed by atoms with Crippen molar-refractivity contribution < 1.29 is 5.11 Å². The summed E-state index contributed by atoms with van der Waals surface area (Å²) < 4.78 is 0. The van der Waals surface area contributed by atoms with Crippen molar-refractivity contribution in [1.29, 1.82) is 0 Å². The first-order valence-electron chi connectivity index (χ1n) is 13.6. The summed E-state index contributed by atoms with van der Waals surface area (Å²) in [6, 6.07) is 0. The summed E-state index contributed by atoms with van der Waals surface area (Å²) in [5, 5.41) is 10.2. The smallest absolute Gasteiger partial charge is 0.0577 e. The highest BCUT2D eigenvalue weighted by atomic mass is 16.3. The Labute approximate surface area is 187 Å². The molecule has 4 aliphatic carbocycles. The van der Waals surface area contributed by atoms with Crippen LogP contribution in [0.5, 0.6) is 0 Å². The maximum atomic E-state index is 10.2. The summed E-state index contributed by atoms with van der Waals surface area (Å²) in [6.07, 6.45) is 17.1. The van der Waals surface area contributed by atoms with Crippen molar-refractivity contribution in [2.45, 2.75) is 118 Å². The van der Waals surface area contributed by atoms with E-state index in [1.165, 1.54) is 57.8 Å². The molecule has 4 rings (SSSR count). The zero-order valence-corrected chi connectivity index (χ0v) is 20.9. The first-order chi connectivity index (χ1) is 14.2. The number of aliphatic hydroxyl groups excluding tert-OH is 1. The summed E-state index contributed by atoms with van der Waals surface area (Å²) in [7, 11) is 0. The monoisotopic (exact) mass is 414 g/mol. The van der Waals surface area contributed by atoms with Gasteiger partial charge in [-0.15, -0.1) is 0 Å². The molecule has 172 valence electrons. The van der Waals surface area contributed by atoms with Crippen molar-refractivity contribution in [3.63, 3.8) is 0 Å². The Morgan fingerprint density at radius 2 is 1.77 bits per heavy atom. The second-order valence-corrected chi connectivity index (χ2v) is 12.9. The number of fused-ring (bicyclic) bond motifs is 5. The summed E-state index contributed by atoms with van der Waals surface area (Å²) >= 11 is 0. The molecule has 30 heavy (non-hydrogen) atoms. The van der Waals surface area contributed by atoms with Gasteiger partial charge in [-0.25, -0.2) is 0 Å². The molecule has 0 aromatic rings. The van der Waals surface area contributed by atoms with Crippen molar-refractivity contribution in [2.24, 2.45) is 52.3 Å².